The van der Waals surface area contributed by atoms with Gasteiger partial charge in [0, 0.05) is 12.7 Å². The van der Waals surface area contributed by atoms with Crippen molar-refractivity contribution in [2.75, 3.05) is 13.7 Å². The molecule has 0 unspecified atom stereocenters. The van der Waals surface area contributed by atoms with E-state index < -0.39 is 0 Å². The van der Waals surface area contributed by atoms with E-state index in [0.717, 1.165) is 16.7 Å². The van der Waals surface area contributed by atoms with E-state index in [0.29, 0.717) is 0 Å². The number of hydrogen-bond acceptors (Lipinski definition) is 2. The van der Waals surface area contributed by atoms with Crippen LogP contribution in [0.4, 0.5) is 0 Å². The SMILES string of the molecule is COCC(=O)c1cc(C)cc(C)c1. The molecule has 0 atom stereocenters. The first kappa shape index (κ1) is 9.93. The number of hydrogen-bond donors (Lipinski definition) is 0. The molecule has 0 heterocycles. The fourth-order valence-electron chi connectivity index (χ4n) is 1.35. The number of aryl methyl sites for hydroxylation is 2. The molecule has 1 aromatic rings. The van der Waals surface area contributed by atoms with Gasteiger partial charge in [-0.15, -0.1) is 0 Å². The number of Topliss-reactive ketones (excluding diaryl/α,β-unsaturated/α-hetero) is 1. The zero-order valence-corrected chi connectivity index (χ0v) is 8.26. The van der Waals surface area contributed by atoms with Gasteiger partial charge in [0.25, 0.3) is 0 Å². The van der Waals surface area contributed by atoms with Gasteiger partial charge in [0.1, 0.15) is 6.61 Å². The fraction of sp³-hybridized carbons (Fsp3) is 0.364. The molecular weight excluding hydrogens is 164 g/mol. The summed E-state index contributed by atoms with van der Waals surface area (Å²) >= 11 is 0. The van der Waals surface area contributed by atoms with E-state index in [1.165, 1.54) is 7.11 Å². The van der Waals surface area contributed by atoms with Gasteiger partial charge < -0.3 is 4.74 Å². The van der Waals surface area contributed by atoms with Crippen molar-refractivity contribution in [3.8, 4) is 0 Å². The van der Waals surface area contributed by atoms with Crippen molar-refractivity contribution >= 4 is 5.78 Å². The van der Waals surface area contributed by atoms with E-state index in [-0.39, 0.29) is 12.4 Å². The molecule has 1 aromatic carbocycles. The zero-order chi connectivity index (χ0) is 9.84. The van der Waals surface area contributed by atoms with Gasteiger partial charge in [0.15, 0.2) is 5.78 Å². The lowest BCUT2D eigenvalue weighted by molar-refractivity contribution is 0.0848. The van der Waals surface area contributed by atoms with E-state index in [4.69, 9.17) is 4.74 Å². The number of ketones is 1. The molecule has 2 nitrogen and oxygen atoms in total. The first-order valence-electron chi connectivity index (χ1n) is 4.24. The molecule has 0 saturated carbocycles. The summed E-state index contributed by atoms with van der Waals surface area (Å²) in [5, 5.41) is 0. The summed E-state index contributed by atoms with van der Waals surface area (Å²) in [7, 11) is 1.53. The van der Waals surface area contributed by atoms with Crippen molar-refractivity contribution in [1.29, 1.82) is 0 Å². The summed E-state index contributed by atoms with van der Waals surface area (Å²) in [4.78, 5) is 11.4. The molecule has 2 heteroatoms. The molecule has 1 rings (SSSR count). The van der Waals surface area contributed by atoms with Gasteiger partial charge in [-0.1, -0.05) is 17.2 Å². The summed E-state index contributed by atoms with van der Waals surface area (Å²) < 4.78 is 4.79. The Morgan fingerprint density at radius 2 is 1.77 bits per heavy atom. The molecule has 0 radical (unpaired) electrons. The topological polar surface area (TPSA) is 26.3 Å². The highest BCUT2D eigenvalue weighted by Crippen LogP contribution is 2.09. The van der Waals surface area contributed by atoms with Crippen LogP contribution in [0.15, 0.2) is 18.2 Å². The smallest absolute Gasteiger partial charge is 0.188 e. The third-order valence-corrected chi connectivity index (χ3v) is 1.82. The van der Waals surface area contributed by atoms with Crippen molar-refractivity contribution in [3.05, 3.63) is 34.9 Å². The molecule has 0 saturated heterocycles. The predicted octanol–water partition coefficient (Wildman–Crippen LogP) is 2.13. The number of ether oxygens (including phenoxy) is 1. The van der Waals surface area contributed by atoms with Crippen molar-refractivity contribution in [2.24, 2.45) is 0 Å². The Bertz CT molecular complexity index is 296. The number of rotatable bonds is 3. The Labute approximate surface area is 78.5 Å². The van der Waals surface area contributed by atoms with Crippen LogP contribution in [-0.2, 0) is 4.74 Å². The van der Waals surface area contributed by atoms with Crippen LogP contribution in [0.25, 0.3) is 0 Å². The highest BCUT2D eigenvalue weighted by Gasteiger charge is 2.05. The molecule has 0 aliphatic rings. The minimum absolute atomic E-state index is 0.0364. The monoisotopic (exact) mass is 178 g/mol. The molecule has 0 aliphatic heterocycles. The maximum atomic E-state index is 11.4. The second-order valence-corrected chi connectivity index (χ2v) is 3.23. The summed E-state index contributed by atoms with van der Waals surface area (Å²) in [6.45, 7) is 4.12. The van der Waals surface area contributed by atoms with E-state index in [1.807, 2.05) is 32.0 Å². The molecule has 0 amide bonds. The van der Waals surface area contributed by atoms with Crippen molar-refractivity contribution in [1.82, 2.24) is 0 Å². The maximum absolute atomic E-state index is 11.4. The van der Waals surface area contributed by atoms with Gasteiger partial charge in [-0.2, -0.15) is 0 Å². The van der Waals surface area contributed by atoms with E-state index >= 15 is 0 Å². The van der Waals surface area contributed by atoms with Gasteiger partial charge in [-0.3, -0.25) is 4.79 Å². The second-order valence-electron chi connectivity index (χ2n) is 3.23. The van der Waals surface area contributed by atoms with Crippen LogP contribution in [0.2, 0.25) is 0 Å². The van der Waals surface area contributed by atoms with Crippen molar-refractivity contribution in [3.63, 3.8) is 0 Å². The molecule has 13 heavy (non-hydrogen) atoms. The minimum atomic E-state index is 0.0364. The van der Waals surface area contributed by atoms with Gasteiger partial charge >= 0.3 is 0 Å². The largest absolute Gasteiger partial charge is 0.377 e. The minimum Gasteiger partial charge on any atom is -0.377 e. The lowest BCUT2D eigenvalue weighted by Crippen LogP contribution is -2.07. The Hall–Kier alpha value is -1.15. The standard InChI is InChI=1S/C11H14O2/c1-8-4-9(2)6-10(5-8)11(12)7-13-3/h4-6H,7H2,1-3H3. The number of carbonyl (C=O) groups excluding carboxylic acids is 1. The Kier molecular flexibility index (Phi) is 3.20. The van der Waals surface area contributed by atoms with Gasteiger partial charge in [-0.25, -0.2) is 0 Å². The van der Waals surface area contributed by atoms with Crippen molar-refractivity contribution in [2.45, 2.75) is 13.8 Å². The predicted molar refractivity (Wildman–Crippen MR) is 52.1 cm³/mol. The molecule has 0 spiro atoms. The van der Waals surface area contributed by atoms with Crippen LogP contribution in [0.1, 0.15) is 21.5 Å². The van der Waals surface area contributed by atoms with Crippen LogP contribution < -0.4 is 0 Å². The van der Waals surface area contributed by atoms with Crippen LogP contribution in [0, 0.1) is 13.8 Å². The van der Waals surface area contributed by atoms with Crippen LogP contribution in [-0.4, -0.2) is 19.5 Å². The van der Waals surface area contributed by atoms with E-state index in [1.54, 1.807) is 0 Å². The van der Waals surface area contributed by atoms with Gasteiger partial charge in [-0.05, 0) is 26.0 Å². The number of carbonyl (C=O) groups is 1. The third kappa shape index (κ3) is 2.67. The van der Waals surface area contributed by atoms with Crippen LogP contribution in [0.5, 0.6) is 0 Å². The van der Waals surface area contributed by atoms with Gasteiger partial charge in [0.2, 0.25) is 0 Å². The molecule has 0 bridgehead atoms. The maximum Gasteiger partial charge on any atom is 0.188 e. The summed E-state index contributed by atoms with van der Waals surface area (Å²) in [5.74, 6) is 0.0364. The van der Waals surface area contributed by atoms with E-state index in [9.17, 15) is 4.79 Å². The first-order chi connectivity index (χ1) is 6.13. The lowest BCUT2D eigenvalue weighted by Gasteiger charge is -2.02. The second kappa shape index (κ2) is 4.19. The molecular formula is C11H14O2. The quantitative estimate of drug-likeness (QED) is 0.663. The third-order valence-electron chi connectivity index (χ3n) is 1.82. The average molecular weight is 178 g/mol. The molecule has 0 aliphatic carbocycles. The summed E-state index contributed by atoms with van der Waals surface area (Å²) in [6, 6.07) is 5.81. The van der Waals surface area contributed by atoms with Crippen molar-refractivity contribution < 1.29 is 9.53 Å². The molecule has 0 N–H and O–H groups in total. The Morgan fingerprint density at radius 1 is 1.23 bits per heavy atom. The normalized spacial score (nSPS) is 10.1. The molecule has 70 valence electrons. The summed E-state index contributed by atoms with van der Waals surface area (Å²) in [5.41, 5.74) is 2.96. The molecule has 0 fully saturated rings. The summed E-state index contributed by atoms with van der Waals surface area (Å²) in [6.07, 6.45) is 0. The fourth-order valence-corrected chi connectivity index (χ4v) is 1.35. The van der Waals surface area contributed by atoms with Crippen LogP contribution >= 0.6 is 0 Å². The zero-order valence-electron chi connectivity index (χ0n) is 8.26. The van der Waals surface area contributed by atoms with E-state index in [2.05, 4.69) is 0 Å². The average Bonchev–Trinajstić information content (AvgIpc) is 2.03. The molecule has 0 aromatic heterocycles. The Balaban J connectivity index is 2.94. The highest BCUT2D eigenvalue weighted by molar-refractivity contribution is 5.97. The number of benzene rings is 1. The first-order valence-corrected chi connectivity index (χ1v) is 4.24. The highest BCUT2D eigenvalue weighted by atomic mass is 16.5. The van der Waals surface area contributed by atoms with Crippen LogP contribution in [0.3, 0.4) is 0 Å². The lowest BCUT2D eigenvalue weighted by atomic mass is 10.0. The van der Waals surface area contributed by atoms with Gasteiger partial charge in [0.05, 0.1) is 0 Å². The Morgan fingerprint density at radius 3 is 2.23 bits per heavy atom. The number of methoxy groups -OCH3 is 1.